The van der Waals surface area contributed by atoms with E-state index in [-0.39, 0.29) is 22.3 Å². The Morgan fingerprint density at radius 3 is 2.48 bits per heavy atom. The van der Waals surface area contributed by atoms with E-state index in [4.69, 9.17) is 9.88 Å². The van der Waals surface area contributed by atoms with Crippen molar-refractivity contribution in [3.63, 3.8) is 0 Å². The van der Waals surface area contributed by atoms with Crippen molar-refractivity contribution in [2.75, 3.05) is 7.11 Å². The van der Waals surface area contributed by atoms with Crippen molar-refractivity contribution in [1.29, 1.82) is 0 Å². The maximum Gasteiger partial charge on any atom is 0.251 e. The highest BCUT2D eigenvalue weighted by Gasteiger charge is 2.19. The summed E-state index contributed by atoms with van der Waals surface area (Å²) in [5, 5.41) is 10.3. The summed E-state index contributed by atoms with van der Waals surface area (Å²) in [6, 6.07) is 17.7. The van der Waals surface area contributed by atoms with E-state index in [1.54, 1.807) is 0 Å². The van der Waals surface area contributed by atoms with E-state index in [2.05, 4.69) is 5.32 Å². The molecule has 0 aliphatic carbocycles. The number of nitrogens with two attached hydrogens (primary N) is 1. The second-order valence-corrected chi connectivity index (χ2v) is 7.70. The molecular formula is C20H20N2O4S. The van der Waals surface area contributed by atoms with Gasteiger partial charge in [-0.05, 0) is 41.5 Å². The summed E-state index contributed by atoms with van der Waals surface area (Å²) in [5.41, 5.74) is 1.16. The third kappa shape index (κ3) is 3.94. The van der Waals surface area contributed by atoms with Crippen LogP contribution in [0.3, 0.4) is 0 Å². The van der Waals surface area contributed by atoms with Crippen LogP contribution in [0.5, 0.6) is 5.75 Å². The predicted molar refractivity (Wildman–Crippen MR) is 104 cm³/mol. The Bertz CT molecular complexity index is 1100. The monoisotopic (exact) mass is 384 g/mol. The van der Waals surface area contributed by atoms with Gasteiger partial charge >= 0.3 is 0 Å². The summed E-state index contributed by atoms with van der Waals surface area (Å²) < 4.78 is 28.5. The largest absolute Gasteiger partial charge is 0.495 e. The Labute approximate surface area is 158 Å². The van der Waals surface area contributed by atoms with Crippen LogP contribution in [-0.4, -0.2) is 21.4 Å². The number of carbonyl (C=O) groups excluding carboxylic acids is 1. The zero-order valence-corrected chi connectivity index (χ0v) is 15.8. The molecule has 0 aromatic heterocycles. The van der Waals surface area contributed by atoms with Crippen molar-refractivity contribution in [2.24, 2.45) is 5.14 Å². The van der Waals surface area contributed by atoms with Gasteiger partial charge in [-0.3, -0.25) is 4.79 Å². The minimum atomic E-state index is -4.02. The molecule has 0 radical (unpaired) electrons. The number of fused-ring (bicyclic) bond motifs is 1. The number of benzene rings is 3. The number of primary sulfonamides is 1. The molecule has 0 aliphatic rings. The minimum Gasteiger partial charge on any atom is -0.495 e. The third-order valence-electron chi connectivity index (χ3n) is 4.37. The summed E-state index contributed by atoms with van der Waals surface area (Å²) in [6.07, 6.45) is 0. The fourth-order valence-electron chi connectivity index (χ4n) is 3.03. The van der Waals surface area contributed by atoms with Crippen LogP contribution < -0.4 is 15.2 Å². The lowest BCUT2D eigenvalue weighted by Gasteiger charge is -2.17. The van der Waals surface area contributed by atoms with Gasteiger partial charge in [0.15, 0.2) is 0 Å². The van der Waals surface area contributed by atoms with E-state index in [1.165, 1.54) is 25.3 Å². The van der Waals surface area contributed by atoms with Gasteiger partial charge in [0.05, 0.1) is 13.2 Å². The number of carbonyl (C=O) groups is 1. The molecule has 27 heavy (non-hydrogen) atoms. The lowest BCUT2D eigenvalue weighted by atomic mass is 9.99. The number of rotatable bonds is 5. The Balaban J connectivity index is 1.91. The van der Waals surface area contributed by atoms with Crippen LogP contribution in [-0.2, 0) is 10.0 Å². The molecule has 7 heteroatoms. The lowest BCUT2D eigenvalue weighted by molar-refractivity contribution is 0.0940. The van der Waals surface area contributed by atoms with Crippen molar-refractivity contribution in [1.82, 2.24) is 5.32 Å². The molecule has 0 saturated heterocycles. The van der Waals surface area contributed by atoms with Crippen molar-refractivity contribution in [3.8, 4) is 5.75 Å². The molecule has 6 nitrogen and oxygen atoms in total. The van der Waals surface area contributed by atoms with Gasteiger partial charge in [-0.2, -0.15) is 0 Å². The number of amides is 1. The van der Waals surface area contributed by atoms with Gasteiger partial charge in [0.1, 0.15) is 10.6 Å². The number of sulfonamides is 1. The molecule has 0 saturated carbocycles. The number of hydrogen-bond donors (Lipinski definition) is 2. The summed E-state index contributed by atoms with van der Waals surface area (Å²) >= 11 is 0. The number of ether oxygens (including phenoxy) is 1. The van der Waals surface area contributed by atoms with Gasteiger partial charge in [-0.1, -0.05) is 42.5 Å². The van der Waals surface area contributed by atoms with Crippen LogP contribution in [0.15, 0.2) is 65.6 Å². The first-order valence-corrected chi connectivity index (χ1v) is 9.85. The Morgan fingerprint density at radius 2 is 1.78 bits per heavy atom. The summed E-state index contributed by atoms with van der Waals surface area (Å²) in [5.74, 6) is -0.306. The highest BCUT2D eigenvalue weighted by molar-refractivity contribution is 7.89. The highest BCUT2D eigenvalue weighted by atomic mass is 32.2. The molecule has 1 amide bonds. The Kier molecular flexibility index (Phi) is 5.16. The maximum absolute atomic E-state index is 12.7. The number of nitrogens with one attached hydrogen (secondary N) is 1. The molecule has 3 aromatic rings. The summed E-state index contributed by atoms with van der Waals surface area (Å²) in [6.45, 7) is 1.88. The van der Waals surface area contributed by atoms with Gasteiger partial charge in [0.2, 0.25) is 10.0 Å². The molecule has 1 atom stereocenters. The van der Waals surface area contributed by atoms with Crippen molar-refractivity contribution >= 4 is 26.7 Å². The van der Waals surface area contributed by atoms with Gasteiger partial charge < -0.3 is 10.1 Å². The zero-order chi connectivity index (χ0) is 19.6. The summed E-state index contributed by atoms with van der Waals surface area (Å²) in [7, 11) is -2.68. The van der Waals surface area contributed by atoms with Crippen LogP contribution in [0.25, 0.3) is 10.8 Å². The average molecular weight is 384 g/mol. The van der Waals surface area contributed by atoms with E-state index in [0.29, 0.717) is 0 Å². The van der Waals surface area contributed by atoms with E-state index in [9.17, 15) is 13.2 Å². The smallest absolute Gasteiger partial charge is 0.251 e. The predicted octanol–water partition coefficient (Wildman–Crippen LogP) is 2.99. The molecule has 0 bridgehead atoms. The van der Waals surface area contributed by atoms with Gasteiger partial charge in [-0.25, -0.2) is 13.6 Å². The second kappa shape index (κ2) is 7.38. The first-order chi connectivity index (χ1) is 12.8. The van der Waals surface area contributed by atoms with Crippen LogP contribution in [0.2, 0.25) is 0 Å². The molecule has 0 aliphatic heterocycles. The molecule has 0 spiro atoms. The summed E-state index contributed by atoms with van der Waals surface area (Å²) in [4.78, 5) is 12.4. The number of methoxy groups -OCH3 is 1. The molecule has 3 aromatic carbocycles. The van der Waals surface area contributed by atoms with Gasteiger partial charge in [0, 0.05) is 5.56 Å². The quantitative estimate of drug-likeness (QED) is 0.706. The van der Waals surface area contributed by atoms with Crippen LogP contribution in [0.1, 0.15) is 28.9 Å². The topological polar surface area (TPSA) is 98.5 Å². The van der Waals surface area contributed by atoms with E-state index in [1.807, 2.05) is 49.4 Å². The van der Waals surface area contributed by atoms with Gasteiger partial charge in [-0.15, -0.1) is 0 Å². The van der Waals surface area contributed by atoms with Crippen molar-refractivity contribution < 1.29 is 17.9 Å². The van der Waals surface area contributed by atoms with E-state index < -0.39 is 15.9 Å². The molecule has 0 heterocycles. The average Bonchev–Trinajstić information content (AvgIpc) is 2.66. The second-order valence-electron chi connectivity index (χ2n) is 6.17. The van der Waals surface area contributed by atoms with Crippen LogP contribution >= 0.6 is 0 Å². The molecule has 140 valence electrons. The molecule has 3 N–H and O–H groups in total. The minimum absolute atomic E-state index is 0.0937. The molecule has 0 fully saturated rings. The van der Waals surface area contributed by atoms with Crippen molar-refractivity contribution in [2.45, 2.75) is 17.9 Å². The lowest BCUT2D eigenvalue weighted by Crippen LogP contribution is -2.27. The molecular weight excluding hydrogens is 364 g/mol. The third-order valence-corrected chi connectivity index (χ3v) is 5.30. The zero-order valence-electron chi connectivity index (χ0n) is 15.0. The van der Waals surface area contributed by atoms with E-state index in [0.717, 1.165) is 16.3 Å². The van der Waals surface area contributed by atoms with E-state index >= 15 is 0 Å². The number of hydrogen-bond acceptors (Lipinski definition) is 4. The van der Waals surface area contributed by atoms with Crippen LogP contribution in [0, 0.1) is 0 Å². The first-order valence-electron chi connectivity index (χ1n) is 8.30. The fraction of sp³-hybridized carbons (Fsp3) is 0.150. The SMILES string of the molecule is COc1ccc(C(=O)N[C@H](C)c2cccc3ccccc23)cc1S(N)(=O)=O. The Morgan fingerprint density at radius 1 is 1.07 bits per heavy atom. The van der Waals surface area contributed by atoms with Gasteiger partial charge in [0.25, 0.3) is 5.91 Å². The Hall–Kier alpha value is -2.90. The highest BCUT2D eigenvalue weighted by Crippen LogP contribution is 2.26. The molecule has 3 rings (SSSR count). The fourth-order valence-corrected chi connectivity index (χ4v) is 3.75. The maximum atomic E-state index is 12.7. The standard InChI is InChI=1S/C20H20N2O4S/c1-13(16-9-5-7-14-6-3-4-8-17(14)16)22-20(23)15-10-11-18(26-2)19(12-15)27(21,24)25/h3-13H,1-2H3,(H,22,23)(H2,21,24,25)/t13-/m1/s1. The van der Waals surface area contributed by atoms with Crippen LogP contribution in [0.4, 0.5) is 0 Å². The normalized spacial score (nSPS) is 12.6. The first kappa shape index (κ1) is 18.9. The van der Waals surface area contributed by atoms with Crippen molar-refractivity contribution in [3.05, 3.63) is 71.8 Å². The molecule has 0 unspecified atom stereocenters.